The molecule has 0 N–H and O–H groups in total. The lowest BCUT2D eigenvalue weighted by Gasteiger charge is -2.36. The van der Waals surface area contributed by atoms with E-state index in [1.165, 1.54) is 68.4 Å². The fraction of sp³-hybridized carbons (Fsp3) is 0.619. The Morgan fingerprint density at radius 1 is 1.17 bits per heavy atom. The molecule has 0 radical (unpaired) electrons. The number of likely N-dealkylation sites (tertiary alicyclic amines) is 1. The van der Waals surface area contributed by atoms with Gasteiger partial charge in [0.25, 0.3) is 0 Å². The van der Waals surface area contributed by atoms with Crippen molar-refractivity contribution in [1.29, 1.82) is 0 Å². The lowest BCUT2D eigenvalue weighted by atomic mass is 9.71. The third-order valence-corrected chi connectivity index (χ3v) is 7.61. The number of allylic oxidation sites excluding steroid dienone is 2. The molecule has 4 rings (SSSR count). The van der Waals surface area contributed by atoms with Gasteiger partial charge in [-0.15, -0.1) is 11.8 Å². The maximum atomic E-state index is 5.68. The van der Waals surface area contributed by atoms with E-state index < -0.39 is 0 Å². The molecule has 0 aromatic heterocycles. The fourth-order valence-electron chi connectivity index (χ4n) is 4.91. The van der Waals surface area contributed by atoms with Crippen LogP contribution in [0, 0.1) is 0 Å². The van der Waals surface area contributed by atoms with E-state index in [9.17, 15) is 0 Å². The fourth-order valence-corrected chi connectivity index (χ4v) is 6.30. The average molecular weight is 344 g/mol. The maximum absolute atomic E-state index is 5.68. The Balaban J connectivity index is 1.70. The second-order valence-electron chi connectivity index (χ2n) is 7.63. The number of rotatable bonds is 4. The SMILES string of the molecule is COc1ccc([C@@]23CCCC=C2N(C)CC3)cc1SC1CCCC1. The van der Waals surface area contributed by atoms with Crippen molar-refractivity contribution in [1.82, 2.24) is 4.90 Å². The number of benzene rings is 1. The monoisotopic (exact) mass is 343 g/mol. The molecule has 3 heteroatoms. The minimum absolute atomic E-state index is 0.254. The number of likely N-dealkylation sites (N-methyl/N-ethyl adjacent to an activating group) is 1. The van der Waals surface area contributed by atoms with E-state index in [4.69, 9.17) is 4.74 Å². The van der Waals surface area contributed by atoms with Crippen LogP contribution >= 0.6 is 11.8 Å². The second-order valence-corrected chi connectivity index (χ2v) is 8.97. The van der Waals surface area contributed by atoms with Crippen LogP contribution in [0.15, 0.2) is 34.9 Å². The van der Waals surface area contributed by atoms with Gasteiger partial charge in [0.05, 0.1) is 7.11 Å². The predicted octanol–water partition coefficient (Wildman–Crippen LogP) is 5.37. The third-order valence-electron chi connectivity index (χ3n) is 6.23. The van der Waals surface area contributed by atoms with Gasteiger partial charge >= 0.3 is 0 Å². The van der Waals surface area contributed by atoms with E-state index in [0.29, 0.717) is 0 Å². The topological polar surface area (TPSA) is 12.5 Å². The number of thioether (sulfide) groups is 1. The molecule has 3 aliphatic rings. The average Bonchev–Trinajstić information content (AvgIpc) is 3.24. The van der Waals surface area contributed by atoms with Gasteiger partial charge < -0.3 is 9.64 Å². The maximum Gasteiger partial charge on any atom is 0.132 e. The van der Waals surface area contributed by atoms with Crippen molar-refractivity contribution in [3.8, 4) is 5.75 Å². The first-order chi connectivity index (χ1) is 11.7. The van der Waals surface area contributed by atoms with Crippen LogP contribution in [0.3, 0.4) is 0 Å². The molecule has 0 spiro atoms. The van der Waals surface area contributed by atoms with Crippen molar-refractivity contribution < 1.29 is 4.74 Å². The standard InChI is InChI=1S/C21H29NOS/c1-22-14-13-21(12-6-5-9-20(21)22)16-10-11-18(23-2)19(15-16)24-17-7-3-4-8-17/h9-11,15,17H,3-8,12-14H2,1-2H3/t21-/m0/s1. The van der Waals surface area contributed by atoms with Crippen LogP contribution in [0.5, 0.6) is 5.75 Å². The Bertz CT molecular complexity index is 635. The highest BCUT2D eigenvalue weighted by molar-refractivity contribution is 8.00. The summed E-state index contributed by atoms with van der Waals surface area (Å²) >= 11 is 2.05. The highest BCUT2D eigenvalue weighted by Crippen LogP contribution is 2.50. The minimum Gasteiger partial charge on any atom is -0.496 e. The summed E-state index contributed by atoms with van der Waals surface area (Å²) in [7, 11) is 4.07. The first-order valence-electron chi connectivity index (χ1n) is 9.50. The molecule has 24 heavy (non-hydrogen) atoms. The van der Waals surface area contributed by atoms with Crippen LogP contribution in [0.2, 0.25) is 0 Å². The van der Waals surface area contributed by atoms with Gasteiger partial charge in [-0.25, -0.2) is 0 Å². The molecule has 1 atom stereocenters. The number of fused-ring (bicyclic) bond motifs is 1. The smallest absolute Gasteiger partial charge is 0.132 e. The van der Waals surface area contributed by atoms with Crippen molar-refractivity contribution in [3.63, 3.8) is 0 Å². The summed E-state index contributed by atoms with van der Waals surface area (Å²) in [6.45, 7) is 1.18. The number of hydrogen-bond donors (Lipinski definition) is 0. The van der Waals surface area contributed by atoms with Crippen LogP contribution < -0.4 is 4.74 Å². The van der Waals surface area contributed by atoms with E-state index in [1.807, 2.05) is 0 Å². The molecule has 1 aliphatic heterocycles. The van der Waals surface area contributed by atoms with Crippen LogP contribution in [0.25, 0.3) is 0 Å². The molecule has 2 aliphatic carbocycles. The van der Waals surface area contributed by atoms with Crippen molar-refractivity contribution in [2.24, 2.45) is 0 Å². The Hall–Kier alpha value is -1.09. The van der Waals surface area contributed by atoms with E-state index in [0.717, 1.165) is 11.0 Å². The summed E-state index contributed by atoms with van der Waals surface area (Å²) in [5, 5.41) is 0.777. The predicted molar refractivity (Wildman–Crippen MR) is 102 cm³/mol. The first kappa shape index (κ1) is 16.4. The molecule has 130 valence electrons. The quantitative estimate of drug-likeness (QED) is 0.729. The Morgan fingerprint density at radius 2 is 2.00 bits per heavy atom. The van der Waals surface area contributed by atoms with Crippen LogP contribution in [0.1, 0.15) is 56.9 Å². The molecule has 1 saturated heterocycles. The first-order valence-corrected chi connectivity index (χ1v) is 10.4. The summed E-state index contributed by atoms with van der Waals surface area (Å²) in [6.07, 6.45) is 13.1. The summed E-state index contributed by atoms with van der Waals surface area (Å²) in [6, 6.07) is 7.00. The zero-order valence-electron chi connectivity index (χ0n) is 15.0. The largest absolute Gasteiger partial charge is 0.496 e. The van der Waals surface area contributed by atoms with Crippen molar-refractivity contribution >= 4 is 11.8 Å². The molecular formula is C21H29NOS. The summed E-state index contributed by atoms with van der Waals surface area (Å²) in [5.41, 5.74) is 3.33. The van der Waals surface area contributed by atoms with Crippen molar-refractivity contribution in [3.05, 3.63) is 35.5 Å². The molecule has 1 aromatic rings. The molecule has 2 nitrogen and oxygen atoms in total. The van der Waals surface area contributed by atoms with Crippen LogP contribution in [0.4, 0.5) is 0 Å². The Kier molecular flexibility index (Phi) is 4.55. The molecule has 1 saturated carbocycles. The van der Waals surface area contributed by atoms with Gasteiger partial charge in [0, 0.05) is 34.8 Å². The van der Waals surface area contributed by atoms with Gasteiger partial charge in [-0.05, 0) is 56.2 Å². The zero-order chi connectivity index (χ0) is 16.6. The number of nitrogens with zero attached hydrogens (tertiary/aromatic N) is 1. The number of ether oxygens (including phenoxy) is 1. The summed E-state index contributed by atoms with van der Waals surface area (Å²) in [4.78, 5) is 3.84. The Labute approximate surface area is 150 Å². The lowest BCUT2D eigenvalue weighted by Crippen LogP contribution is -2.29. The van der Waals surface area contributed by atoms with Gasteiger partial charge in [0.15, 0.2) is 0 Å². The lowest BCUT2D eigenvalue weighted by molar-refractivity contribution is 0.397. The van der Waals surface area contributed by atoms with Gasteiger partial charge in [-0.3, -0.25) is 0 Å². The van der Waals surface area contributed by atoms with Crippen molar-refractivity contribution in [2.45, 2.75) is 66.9 Å². The molecule has 0 unspecified atom stereocenters. The van der Waals surface area contributed by atoms with E-state index >= 15 is 0 Å². The molecule has 1 aromatic carbocycles. The number of hydrogen-bond acceptors (Lipinski definition) is 3. The molecule has 2 fully saturated rings. The van der Waals surface area contributed by atoms with Gasteiger partial charge in [0.2, 0.25) is 0 Å². The van der Waals surface area contributed by atoms with E-state index in [1.54, 1.807) is 12.8 Å². The Morgan fingerprint density at radius 3 is 2.79 bits per heavy atom. The minimum atomic E-state index is 0.254. The molecule has 0 amide bonds. The second kappa shape index (κ2) is 6.67. The van der Waals surface area contributed by atoms with Crippen molar-refractivity contribution in [2.75, 3.05) is 20.7 Å². The van der Waals surface area contributed by atoms with Gasteiger partial charge in [-0.1, -0.05) is 25.0 Å². The third kappa shape index (κ3) is 2.75. The van der Waals surface area contributed by atoms with Gasteiger partial charge in [0.1, 0.15) is 5.75 Å². The van der Waals surface area contributed by atoms with Crippen LogP contribution in [-0.2, 0) is 5.41 Å². The van der Waals surface area contributed by atoms with Crippen LogP contribution in [-0.4, -0.2) is 30.9 Å². The summed E-state index contributed by atoms with van der Waals surface area (Å²) in [5.74, 6) is 1.06. The summed E-state index contributed by atoms with van der Waals surface area (Å²) < 4.78 is 5.68. The zero-order valence-corrected chi connectivity index (χ0v) is 15.8. The molecule has 0 bridgehead atoms. The molecule has 1 heterocycles. The number of methoxy groups -OCH3 is 1. The van der Waals surface area contributed by atoms with E-state index in [-0.39, 0.29) is 5.41 Å². The highest BCUT2D eigenvalue weighted by atomic mass is 32.2. The van der Waals surface area contributed by atoms with E-state index in [2.05, 4.69) is 48.0 Å². The normalized spacial score (nSPS) is 27.2. The van der Waals surface area contributed by atoms with Gasteiger partial charge in [-0.2, -0.15) is 0 Å². The highest BCUT2D eigenvalue weighted by Gasteiger charge is 2.44. The molecular weight excluding hydrogens is 314 g/mol.